The van der Waals surface area contributed by atoms with Gasteiger partial charge in [0.25, 0.3) is 0 Å². The van der Waals surface area contributed by atoms with E-state index in [0.717, 1.165) is 30.4 Å². The van der Waals surface area contributed by atoms with Gasteiger partial charge in [0.2, 0.25) is 0 Å². The first-order valence-electron chi connectivity index (χ1n) is 8.66. The second-order valence-electron chi connectivity index (χ2n) is 6.62. The molecule has 0 atom stereocenters. The lowest BCUT2D eigenvalue weighted by Crippen LogP contribution is -2.23. The molecule has 0 heterocycles. The van der Waals surface area contributed by atoms with E-state index in [1.54, 1.807) is 0 Å². The number of hydrogen-bond donors (Lipinski definition) is 2. The molecule has 3 rings (SSSR count). The van der Waals surface area contributed by atoms with Gasteiger partial charge in [0.05, 0.1) is 18.9 Å². The van der Waals surface area contributed by atoms with Crippen LogP contribution in [0.3, 0.4) is 0 Å². The van der Waals surface area contributed by atoms with E-state index in [-0.39, 0.29) is 0 Å². The second-order valence-corrected chi connectivity index (χ2v) is 6.62. The molecule has 0 spiro atoms. The van der Waals surface area contributed by atoms with Crippen molar-refractivity contribution in [3.63, 3.8) is 0 Å². The van der Waals surface area contributed by atoms with Crippen LogP contribution < -0.4 is 20.9 Å². The fourth-order valence-electron chi connectivity index (χ4n) is 3.20. The summed E-state index contributed by atoms with van der Waals surface area (Å²) in [6, 6.07) is 15.3. The zero-order valence-electron chi connectivity index (χ0n) is 14.0. The molecule has 1 aliphatic carbocycles. The van der Waals surface area contributed by atoms with E-state index in [0.29, 0.717) is 17.5 Å². The summed E-state index contributed by atoms with van der Waals surface area (Å²) < 4.78 is 11.8. The first kappa shape index (κ1) is 16.5. The SMILES string of the molecule is Nc1cccc(OCC2CCC(COc3ccccc3N)CC2)c1. The third-order valence-corrected chi connectivity index (χ3v) is 4.70. The molecule has 2 aromatic carbocycles. The van der Waals surface area contributed by atoms with E-state index in [2.05, 4.69) is 0 Å². The van der Waals surface area contributed by atoms with Crippen LogP contribution in [0.2, 0.25) is 0 Å². The van der Waals surface area contributed by atoms with Gasteiger partial charge in [-0.15, -0.1) is 0 Å². The van der Waals surface area contributed by atoms with E-state index >= 15 is 0 Å². The number of nitrogens with two attached hydrogens (primary N) is 2. The van der Waals surface area contributed by atoms with Crippen molar-refractivity contribution in [1.29, 1.82) is 0 Å². The number of para-hydroxylation sites is 2. The Bertz CT molecular complexity index is 652. The molecule has 4 nitrogen and oxygen atoms in total. The highest BCUT2D eigenvalue weighted by molar-refractivity contribution is 5.51. The van der Waals surface area contributed by atoms with Crippen molar-refractivity contribution < 1.29 is 9.47 Å². The van der Waals surface area contributed by atoms with E-state index in [4.69, 9.17) is 20.9 Å². The first-order valence-corrected chi connectivity index (χ1v) is 8.66. The van der Waals surface area contributed by atoms with Gasteiger partial charge in [-0.1, -0.05) is 18.2 Å². The molecule has 128 valence electrons. The van der Waals surface area contributed by atoms with Crippen LogP contribution in [0, 0.1) is 11.8 Å². The van der Waals surface area contributed by atoms with Gasteiger partial charge >= 0.3 is 0 Å². The van der Waals surface area contributed by atoms with Gasteiger partial charge in [0.15, 0.2) is 0 Å². The van der Waals surface area contributed by atoms with Crippen molar-refractivity contribution in [2.45, 2.75) is 25.7 Å². The summed E-state index contributed by atoms with van der Waals surface area (Å²) in [5, 5.41) is 0. The number of anilines is 2. The van der Waals surface area contributed by atoms with E-state index in [9.17, 15) is 0 Å². The minimum absolute atomic E-state index is 0.605. The molecule has 4 heteroatoms. The highest BCUT2D eigenvalue weighted by Gasteiger charge is 2.22. The van der Waals surface area contributed by atoms with Crippen LogP contribution in [0.1, 0.15) is 25.7 Å². The minimum Gasteiger partial charge on any atom is -0.493 e. The second kappa shape index (κ2) is 7.95. The van der Waals surface area contributed by atoms with Crippen LogP contribution in [0.4, 0.5) is 11.4 Å². The van der Waals surface area contributed by atoms with Crippen molar-refractivity contribution >= 4 is 11.4 Å². The Morgan fingerprint density at radius 3 is 2.12 bits per heavy atom. The topological polar surface area (TPSA) is 70.5 Å². The first-order chi connectivity index (χ1) is 11.7. The lowest BCUT2D eigenvalue weighted by Gasteiger charge is -2.28. The lowest BCUT2D eigenvalue weighted by atomic mass is 9.83. The molecule has 0 aromatic heterocycles. The zero-order chi connectivity index (χ0) is 16.8. The summed E-state index contributed by atoms with van der Waals surface area (Å²) in [4.78, 5) is 0. The molecular weight excluding hydrogens is 300 g/mol. The number of ether oxygens (including phenoxy) is 2. The standard InChI is InChI=1S/C20H26N2O2/c21-17-4-3-5-18(12-17)23-13-15-8-10-16(11-9-15)14-24-20-7-2-1-6-19(20)22/h1-7,12,15-16H,8-11,13-14,21-22H2. The Kier molecular flexibility index (Phi) is 5.47. The van der Waals surface area contributed by atoms with Gasteiger partial charge in [-0.3, -0.25) is 0 Å². The van der Waals surface area contributed by atoms with Crippen molar-refractivity contribution in [2.24, 2.45) is 11.8 Å². The molecule has 0 radical (unpaired) electrons. The highest BCUT2D eigenvalue weighted by Crippen LogP contribution is 2.31. The van der Waals surface area contributed by atoms with Crippen LogP contribution in [-0.2, 0) is 0 Å². The third kappa shape index (κ3) is 4.57. The average Bonchev–Trinajstić information content (AvgIpc) is 2.60. The van der Waals surface area contributed by atoms with Gasteiger partial charge in [0, 0.05) is 11.8 Å². The van der Waals surface area contributed by atoms with E-state index < -0.39 is 0 Å². The summed E-state index contributed by atoms with van der Waals surface area (Å²) in [7, 11) is 0. The summed E-state index contributed by atoms with van der Waals surface area (Å²) in [5.74, 6) is 2.88. The molecule has 0 amide bonds. The molecule has 2 aromatic rings. The van der Waals surface area contributed by atoms with Gasteiger partial charge in [-0.05, 0) is 61.8 Å². The Balaban J connectivity index is 1.39. The van der Waals surface area contributed by atoms with Crippen molar-refractivity contribution in [2.75, 3.05) is 24.7 Å². The van der Waals surface area contributed by atoms with Gasteiger partial charge < -0.3 is 20.9 Å². The van der Waals surface area contributed by atoms with Crippen LogP contribution in [0.15, 0.2) is 48.5 Å². The number of rotatable bonds is 6. The molecule has 4 N–H and O–H groups in total. The molecule has 24 heavy (non-hydrogen) atoms. The number of nitrogen functional groups attached to an aromatic ring is 2. The van der Waals surface area contributed by atoms with Crippen LogP contribution in [0.5, 0.6) is 11.5 Å². The Labute approximate surface area is 143 Å². The lowest BCUT2D eigenvalue weighted by molar-refractivity contribution is 0.148. The molecule has 1 saturated carbocycles. The molecule has 1 aliphatic rings. The molecule has 1 fully saturated rings. The fourth-order valence-corrected chi connectivity index (χ4v) is 3.20. The highest BCUT2D eigenvalue weighted by atomic mass is 16.5. The maximum absolute atomic E-state index is 5.91. The van der Waals surface area contributed by atoms with E-state index in [1.165, 1.54) is 25.7 Å². The molecule has 0 bridgehead atoms. The smallest absolute Gasteiger partial charge is 0.142 e. The summed E-state index contributed by atoms with van der Waals surface area (Å²) in [5.41, 5.74) is 13.1. The molecule has 0 saturated heterocycles. The maximum atomic E-state index is 5.91. The maximum Gasteiger partial charge on any atom is 0.142 e. The van der Waals surface area contributed by atoms with Crippen molar-refractivity contribution in [1.82, 2.24) is 0 Å². The average molecular weight is 326 g/mol. The molecular formula is C20H26N2O2. The largest absolute Gasteiger partial charge is 0.493 e. The quantitative estimate of drug-likeness (QED) is 0.784. The minimum atomic E-state index is 0.605. The summed E-state index contributed by atoms with van der Waals surface area (Å²) in [6.45, 7) is 1.51. The summed E-state index contributed by atoms with van der Waals surface area (Å²) in [6.07, 6.45) is 4.72. The van der Waals surface area contributed by atoms with E-state index in [1.807, 2.05) is 48.5 Å². The van der Waals surface area contributed by atoms with Crippen LogP contribution in [-0.4, -0.2) is 13.2 Å². The van der Waals surface area contributed by atoms with Crippen molar-refractivity contribution in [3.05, 3.63) is 48.5 Å². The summed E-state index contributed by atoms with van der Waals surface area (Å²) >= 11 is 0. The van der Waals surface area contributed by atoms with Gasteiger partial charge in [0.1, 0.15) is 11.5 Å². The third-order valence-electron chi connectivity index (χ3n) is 4.70. The number of benzene rings is 2. The molecule has 0 unspecified atom stereocenters. The van der Waals surface area contributed by atoms with Gasteiger partial charge in [-0.2, -0.15) is 0 Å². The predicted octanol–water partition coefficient (Wildman–Crippen LogP) is 4.12. The fraction of sp³-hybridized carbons (Fsp3) is 0.400. The Morgan fingerprint density at radius 1 is 0.792 bits per heavy atom. The van der Waals surface area contributed by atoms with Crippen molar-refractivity contribution in [3.8, 4) is 11.5 Å². The normalized spacial score (nSPS) is 20.5. The molecule has 0 aliphatic heterocycles. The van der Waals surface area contributed by atoms with Gasteiger partial charge in [-0.25, -0.2) is 0 Å². The predicted molar refractivity (Wildman–Crippen MR) is 98.1 cm³/mol. The Hall–Kier alpha value is -2.36. The van der Waals surface area contributed by atoms with Crippen LogP contribution >= 0.6 is 0 Å². The monoisotopic (exact) mass is 326 g/mol. The zero-order valence-corrected chi connectivity index (χ0v) is 14.0. The Morgan fingerprint density at radius 2 is 1.46 bits per heavy atom. The van der Waals surface area contributed by atoms with Crippen LogP contribution in [0.25, 0.3) is 0 Å². The number of hydrogen-bond acceptors (Lipinski definition) is 4.